The molecule has 0 saturated carbocycles. The van der Waals surface area contributed by atoms with E-state index in [0.717, 1.165) is 0 Å². The molecule has 0 spiro atoms. The Morgan fingerprint density at radius 3 is 2.61 bits per heavy atom. The summed E-state index contributed by atoms with van der Waals surface area (Å²) < 4.78 is 16.4. The predicted octanol–water partition coefficient (Wildman–Crippen LogP) is 5.52. The fraction of sp³-hybridized carbons (Fsp3) is 0.115. The van der Waals surface area contributed by atoms with Gasteiger partial charge in [0.1, 0.15) is 0 Å². The van der Waals surface area contributed by atoms with E-state index in [1.54, 1.807) is 56.3 Å². The maximum atomic E-state index is 12.5. The van der Waals surface area contributed by atoms with E-state index in [4.69, 9.17) is 25.8 Å². The first kappa shape index (κ1) is 24.6. The molecule has 0 fully saturated rings. The Balaban J connectivity index is 1.67. The van der Waals surface area contributed by atoms with Crippen LogP contribution in [0.25, 0.3) is 6.08 Å². The van der Waals surface area contributed by atoms with Crippen molar-refractivity contribution in [3.05, 3.63) is 104 Å². The third-order valence-corrected chi connectivity index (χ3v) is 5.47. The van der Waals surface area contributed by atoms with Gasteiger partial charge in [0.15, 0.2) is 17.2 Å². The van der Waals surface area contributed by atoms with E-state index in [9.17, 15) is 19.7 Å². The lowest BCUT2D eigenvalue weighted by molar-refractivity contribution is -0.385. The Kier molecular flexibility index (Phi) is 7.12. The lowest BCUT2D eigenvalue weighted by Crippen LogP contribution is -2.10. The summed E-state index contributed by atoms with van der Waals surface area (Å²) in [5, 5.41) is 11.3. The van der Waals surface area contributed by atoms with Gasteiger partial charge in [0.05, 0.1) is 22.1 Å². The van der Waals surface area contributed by atoms with Crippen molar-refractivity contribution in [2.24, 2.45) is 4.99 Å². The molecule has 0 N–H and O–H groups in total. The topological polar surface area (TPSA) is 117 Å². The lowest BCUT2D eigenvalue weighted by Gasteiger charge is -2.13. The summed E-state index contributed by atoms with van der Waals surface area (Å²) in [7, 11) is 0. The van der Waals surface area contributed by atoms with Gasteiger partial charge in [-0.3, -0.25) is 10.1 Å². The number of benzene rings is 3. The summed E-state index contributed by atoms with van der Waals surface area (Å²) >= 11 is 6.41. The number of aliphatic imine (C=N–C) groups is 1. The minimum atomic E-state index is -0.732. The number of carbonyl (C=O) groups is 2. The Morgan fingerprint density at radius 1 is 1.17 bits per heavy atom. The molecule has 9 nitrogen and oxygen atoms in total. The highest BCUT2D eigenvalue weighted by Crippen LogP contribution is 2.38. The predicted molar refractivity (Wildman–Crippen MR) is 132 cm³/mol. The summed E-state index contributed by atoms with van der Waals surface area (Å²) in [6.45, 7) is 3.58. The second-order valence-corrected chi connectivity index (χ2v) is 7.97. The number of esters is 2. The molecule has 1 aliphatic heterocycles. The Labute approximate surface area is 210 Å². The van der Waals surface area contributed by atoms with Gasteiger partial charge in [-0.25, -0.2) is 14.6 Å². The third kappa shape index (κ3) is 5.11. The Morgan fingerprint density at radius 2 is 1.92 bits per heavy atom. The largest absolute Gasteiger partial charge is 0.490 e. The van der Waals surface area contributed by atoms with E-state index in [-0.39, 0.29) is 40.4 Å². The van der Waals surface area contributed by atoms with Crippen LogP contribution in [-0.2, 0) is 9.53 Å². The van der Waals surface area contributed by atoms with Crippen LogP contribution >= 0.6 is 11.6 Å². The molecule has 1 heterocycles. The van der Waals surface area contributed by atoms with E-state index in [0.29, 0.717) is 22.3 Å². The van der Waals surface area contributed by atoms with Gasteiger partial charge in [-0.2, -0.15) is 0 Å². The number of nitrogens with zero attached hydrogens (tertiary/aromatic N) is 2. The Hall–Kier alpha value is -4.50. The molecule has 182 valence electrons. The third-order valence-electron chi connectivity index (χ3n) is 5.19. The Bertz CT molecular complexity index is 1430. The molecular formula is C26H19ClN2O7. The van der Waals surface area contributed by atoms with Crippen LogP contribution in [-0.4, -0.2) is 29.4 Å². The monoisotopic (exact) mass is 506 g/mol. The zero-order chi connectivity index (χ0) is 25.8. The summed E-state index contributed by atoms with van der Waals surface area (Å²) in [6, 6.07) is 15.9. The van der Waals surface area contributed by atoms with Crippen molar-refractivity contribution >= 4 is 41.2 Å². The van der Waals surface area contributed by atoms with E-state index in [1.807, 2.05) is 0 Å². The highest BCUT2D eigenvalue weighted by molar-refractivity contribution is 6.32. The molecule has 0 atom stereocenters. The van der Waals surface area contributed by atoms with Crippen LogP contribution in [0.1, 0.15) is 34.0 Å². The van der Waals surface area contributed by atoms with Gasteiger partial charge >= 0.3 is 11.9 Å². The smallest absolute Gasteiger partial charge is 0.363 e. The van der Waals surface area contributed by atoms with Gasteiger partial charge in [0.2, 0.25) is 5.90 Å². The molecule has 3 aromatic rings. The molecule has 0 bridgehead atoms. The van der Waals surface area contributed by atoms with Crippen molar-refractivity contribution in [1.29, 1.82) is 0 Å². The van der Waals surface area contributed by atoms with Crippen molar-refractivity contribution in [3.8, 4) is 11.5 Å². The number of nitro groups is 1. The number of rotatable bonds is 7. The highest BCUT2D eigenvalue weighted by atomic mass is 35.5. The van der Waals surface area contributed by atoms with E-state index >= 15 is 0 Å². The number of hydrogen-bond donors (Lipinski definition) is 0. The van der Waals surface area contributed by atoms with Crippen molar-refractivity contribution in [2.75, 3.05) is 6.61 Å². The van der Waals surface area contributed by atoms with Crippen LogP contribution in [0.5, 0.6) is 11.5 Å². The molecule has 0 saturated heterocycles. The quantitative estimate of drug-likeness (QED) is 0.136. The molecular weight excluding hydrogens is 488 g/mol. The molecule has 0 radical (unpaired) electrons. The van der Waals surface area contributed by atoms with Gasteiger partial charge < -0.3 is 14.2 Å². The van der Waals surface area contributed by atoms with Crippen LogP contribution in [0.4, 0.5) is 5.69 Å². The lowest BCUT2D eigenvalue weighted by atomic mass is 10.1. The molecule has 36 heavy (non-hydrogen) atoms. The van der Waals surface area contributed by atoms with E-state index in [1.165, 1.54) is 24.3 Å². The van der Waals surface area contributed by atoms with Crippen molar-refractivity contribution in [3.63, 3.8) is 0 Å². The molecule has 1 aliphatic rings. The van der Waals surface area contributed by atoms with Crippen LogP contribution in [0.3, 0.4) is 0 Å². The summed E-state index contributed by atoms with van der Waals surface area (Å²) in [4.78, 5) is 40.0. The number of carbonyl (C=O) groups excluding carboxylic acids is 2. The zero-order valence-electron chi connectivity index (χ0n) is 19.2. The second kappa shape index (κ2) is 10.4. The second-order valence-electron chi connectivity index (χ2n) is 7.56. The van der Waals surface area contributed by atoms with Crippen LogP contribution in [0, 0.1) is 17.0 Å². The number of ether oxygens (including phenoxy) is 3. The van der Waals surface area contributed by atoms with E-state index < -0.39 is 16.9 Å². The van der Waals surface area contributed by atoms with Crippen molar-refractivity contribution in [1.82, 2.24) is 0 Å². The van der Waals surface area contributed by atoms with Crippen LogP contribution < -0.4 is 9.47 Å². The zero-order valence-corrected chi connectivity index (χ0v) is 19.9. The molecule has 4 rings (SSSR count). The fourth-order valence-corrected chi connectivity index (χ4v) is 3.75. The molecule has 3 aromatic carbocycles. The number of cyclic esters (lactones) is 1. The van der Waals surface area contributed by atoms with Gasteiger partial charge in [0, 0.05) is 17.2 Å². The molecule has 10 heteroatoms. The number of nitro benzene ring substituents is 1. The molecule has 0 aliphatic carbocycles. The minimum absolute atomic E-state index is 0.0385. The van der Waals surface area contributed by atoms with Crippen molar-refractivity contribution in [2.45, 2.75) is 13.8 Å². The summed E-state index contributed by atoms with van der Waals surface area (Å²) in [5.74, 6) is -1.14. The average molecular weight is 507 g/mol. The van der Waals surface area contributed by atoms with Gasteiger partial charge in [-0.15, -0.1) is 0 Å². The normalized spacial score (nSPS) is 13.8. The maximum Gasteiger partial charge on any atom is 0.363 e. The van der Waals surface area contributed by atoms with Crippen molar-refractivity contribution < 1.29 is 28.7 Å². The maximum absolute atomic E-state index is 12.5. The van der Waals surface area contributed by atoms with Crippen LogP contribution in [0.15, 0.2) is 71.4 Å². The van der Waals surface area contributed by atoms with E-state index in [2.05, 4.69) is 4.99 Å². The fourth-order valence-electron chi connectivity index (χ4n) is 3.49. The molecule has 0 unspecified atom stereocenters. The standard InChI is InChI=1S/C26H19ClN2O7/c1-3-34-22-14-16(12-19(27)23(22)35-25(30)17-8-5-4-6-9-17)13-20-26(31)36-24(28-20)18-10-7-11-21(15(18)2)29(32)33/h4-14H,3H2,1-2H3/b20-13-. The molecule has 0 amide bonds. The summed E-state index contributed by atoms with van der Waals surface area (Å²) in [6.07, 6.45) is 1.43. The van der Waals surface area contributed by atoms with Crippen LogP contribution in [0.2, 0.25) is 5.02 Å². The van der Waals surface area contributed by atoms with Gasteiger partial charge in [0.25, 0.3) is 5.69 Å². The molecule has 0 aromatic heterocycles. The highest BCUT2D eigenvalue weighted by Gasteiger charge is 2.28. The number of halogens is 1. The van der Waals surface area contributed by atoms with Gasteiger partial charge in [-0.05, 0) is 55.8 Å². The van der Waals surface area contributed by atoms with Gasteiger partial charge in [-0.1, -0.05) is 35.9 Å². The first-order valence-corrected chi connectivity index (χ1v) is 11.2. The summed E-state index contributed by atoms with van der Waals surface area (Å²) in [5.41, 5.74) is 1.28. The first-order valence-electron chi connectivity index (χ1n) is 10.8. The SMILES string of the molecule is CCOc1cc(/C=C2\N=C(c3cccc([N+](=O)[O-])c3C)OC2=O)cc(Cl)c1OC(=O)c1ccccc1. The average Bonchev–Trinajstić information content (AvgIpc) is 3.21. The number of hydrogen-bond acceptors (Lipinski definition) is 8. The minimum Gasteiger partial charge on any atom is -0.490 e. The first-order chi connectivity index (χ1) is 17.3.